The highest BCUT2D eigenvalue weighted by Crippen LogP contribution is 2.30. The van der Waals surface area contributed by atoms with Crippen molar-refractivity contribution in [2.45, 2.75) is 58.5 Å². The molecule has 1 saturated carbocycles. The molecule has 0 bridgehead atoms. The largest absolute Gasteiger partial charge is 0.326 e. The molecule has 1 rings (SSSR count). The lowest BCUT2D eigenvalue weighted by atomic mass is 10.1. The number of hydrogen-bond acceptors (Lipinski definition) is 2. The Hall–Kier alpha value is -0.0800. The molecule has 0 spiro atoms. The van der Waals surface area contributed by atoms with Crippen LogP contribution in [0.1, 0.15) is 46.5 Å². The summed E-state index contributed by atoms with van der Waals surface area (Å²) in [5, 5.41) is 0. The Kier molecular flexibility index (Phi) is 4.90. The predicted octanol–water partition coefficient (Wildman–Crippen LogP) is 2.23. The van der Waals surface area contributed by atoms with Crippen LogP contribution < -0.4 is 5.73 Å². The van der Waals surface area contributed by atoms with Gasteiger partial charge in [0, 0.05) is 18.6 Å². The van der Waals surface area contributed by atoms with Crippen LogP contribution in [0.4, 0.5) is 0 Å². The molecule has 2 nitrogen and oxygen atoms in total. The molecule has 14 heavy (non-hydrogen) atoms. The van der Waals surface area contributed by atoms with Crippen molar-refractivity contribution in [2.24, 2.45) is 11.7 Å². The monoisotopic (exact) mass is 198 g/mol. The van der Waals surface area contributed by atoms with Crippen LogP contribution in [0.2, 0.25) is 0 Å². The zero-order valence-corrected chi connectivity index (χ0v) is 10.00. The van der Waals surface area contributed by atoms with E-state index >= 15 is 0 Å². The van der Waals surface area contributed by atoms with Crippen LogP contribution in [0.3, 0.4) is 0 Å². The molecule has 84 valence electrons. The molecule has 0 aromatic rings. The van der Waals surface area contributed by atoms with Gasteiger partial charge < -0.3 is 5.73 Å². The molecule has 2 heteroatoms. The van der Waals surface area contributed by atoms with Crippen molar-refractivity contribution in [2.75, 3.05) is 13.1 Å². The first-order chi connectivity index (χ1) is 6.69. The average molecular weight is 198 g/mol. The fourth-order valence-corrected chi connectivity index (χ4v) is 1.99. The van der Waals surface area contributed by atoms with E-state index in [-0.39, 0.29) is 0 Å². The SMILES string of the molecule is CCCN(CC1CC1)C(C)C(N)CC. The van der Waals surface area contributed by atoms with Gasteiger partial charge in [-0.25, -0.2) is 0 Å². The van der Waals surface area contributed by atoms with Gasteiger partial charge in [0.1, 0.15) is 0 Å². The van der Waals surface area contributed by atoms with E-state index in [4.69, 9.17) is 5.73 Å². The molecule has 0 aromatic carbocycles. The van der Waals surface area contributed by atoms with Gasteiger partial charge >= 0.3 is 0 Å². The minimum absolute atomic E-state index is 0.347. The molecule has 0 radical (unpaired) electrons. The molecule has 1 fully saturated rings. The van der Waals surface area contributed by atoms with Crippen molar-refractivity contribution in [3.8, 4) is 0 Å². The third kappa shape index (κ3) is 3.58. The van der Waals surface area contributed by atoms with Crippen LogP contribution >= 0.6 is 0 Å². The van der Waals surface area contributed by atoms with Crippen LogP contribution in [0.25, 0.3) is 0 Å². The molecular formula is C12H26N2. The standard InChI is InChI=1S/C12H26N2/c1-4-8-14(9-11-6-7-11)10(3)12(13)5-2/h10-12H,4-9,13H2,1-3H3. The summed E-state index contributed by atoms with van der Waals surface area (Å²) >= 11 is 0. The summed E-state index contributed by atoms with van der Waals surface area (Å²) in [5.74, 6) is 0.980. The molecule has 2 atom stereocenters. The topological polar surface area (TPSA) is 29.3 Å². The van der Waals surface area contributed by atoms with Crippen LogP contribution in [0, 0.1) is 5.92 Å². The minimum atomic E-state index is 0.347. The fourth-order valence-electron chi connectivity index (χ4n) is 1.99. The maximum absolute atomic E-state index is 6.10. The minimum Gasteiger partial charge on any atom is -0.326 e. The van der Waals surface area contributed by atoms with Crippen molar-refractivity contribution >= 4 is 0 Å². The Morgan fingerprint density at radius 2 is 2.00 bits per heavy atom. The molecular weight excluding hydrogens is 172 g/mol. The summed E-state index contributed by atoms with van der Waals surface area (Å²) in [6.07, 6.45) is 5.21. The third-order valence-electron chi connectivity index (χ3n) is 3.37. The smallest absolute Gasteiger partial charge is 0.0218 e. The second-order valence-electron chi connectivity index (χ2n) is 4.75. The van der Waals surface area contributed by atoms with E-state index in [1.165, 1.54) is 32.4 Å². The van der Waals surface area contributed by atoms with Gasteiger partial charge in [-0.05, 0) is 45.1 Å². The first-order valence-electron chi connectivity index (χ1n) is 6.18. The Morgan fingerprint density at radius 3 is 2.43 bits per heavy atom. The van der Waals surface area contributed by atoms with Crippen molar-refractivity contribution < 1.29 is 0 Å². The van der Waals surface area contributed by atoms with Crippen LogP contribution in [-0.4, -0.2) is 30.1 Å². The third-order valence-corrected chi connectivity index (χ3v) is 3.37. The van der Waals surface area contributed by atoms with E-state index in [2.05, 4.69) is 25.7 Å². The lowest BCUT2D eigenvalue weighted by Gasteiger charge is -2.32. The maximum atomic E-state index is 6.10. The van der Waals surface area contributed by atoms with Gasteiger partial charge in [0.2, 0.25) is 0 Å². The second kappa shape index (κ2) is 5.72. The zero-order chi connectivity index (χ0) is 10.6. The number of nitrogens with zero attached hydrogens (tertiary/aromatic N) is 1. The second-order valence-corrected chi connectivity index (χ2v) is 4.75. The quantitative estimate of drug-likeness (QED) is 0.680. The van der Waals surface area contributed by atoms with E-state index < -0.39 is 0 Å². The number of rotatable bonds is 7. The molecule has 0 saturated heterocycles. The first-order valence-corrected chi connectivity index (χ1v) is 6.18. The molecule has 0 aromatic heterocycles. The summed E-state index contributed by atoms with van der Waals surface area (Å²) in [6, 6.07) is 0.904. The highest BCUT2D eigenvalue weighted by molar-refractivity contribution is 4.83. The Labute approximate surface area is 88.8 Å². The van der Waals surface area contributed by atoms with E-state index in [1.54, 1.807) is 0 Å². The van der Waals surface area contributed by atoms with Crippen molar-refractivity contribution in [3.63, 3.8) is 0 Å². The summed E-state index contributed by atoms with van der Waals surface area (Å²) in [7, 11) is 0. The first kappa shape index (κ1) is 12.0. The van der Waals surface area contributed by atoms with Crippen molar-refractivity contribution in [1.29, 1.82) is 0 Å². The summed E-state index contributed by atoms with van der Waals surface area (Å²) in [6.45, 7) is 9.22. The average Bonchev–Trinajstić information content (AvgIpc) is 2.98. The van der Waals surface area contributed by atoms with E-state index in [1.807, 2.05) is 0 Å². The van der Waals surface area contributed by atoms with Crippen LogP contribution in [-0.2, 0) is 0 Å². The molecule has 1 aliphatic rings. The van der Waals surface area contributed by atoms with Gasteiger partial charge in [-0.2, -0.15) is 0 Å². The van der Waals surface area contributed by atoms with E-state index in [0.29, 0.717) is 12.1 Å². The lowest BCUT2D eigenvalue weighted by Crippen LogP contribution is -2.46. The molecule has 0 amide bonds. The molecule has 0 aliphatic heterocycles. The van der Waals surface area contributed by atoms with Gasteiger partial charge in [-0.3, -0.25) is 4.90 Å². The van der Waals surface area contributed by atoms with Crippen molar-refractivity contribution in [3.05, 3.63) is 0 Å². The van der Waals surface area contributed by atoms with Gasteiger partial charge in [0.05, 0.1) is 0 Å². The highest BCUT2D eigenvalue weighted by Gasteiger charge is 2.27. The van der Waals surface area contributed by atoms with Gasteiger partial charge in [-0.1, -0.05) is 13.8 Å². The fraction of sp³-hybridized carbons (Fsp3) is 1.00. The number of nitrogens with two attached hydrogens (primary N) is 1. The van der Waals surface area contributed by atoms with Gasteiger partial charge in [0.25, 0.3) is 0 Å². The van der Waals surface area contributed by atoms with E-state index in [0.717, 1.165) is 12.3 Å². The molecule has 2 unspecified atom stereocenters. The van der Waals surface area contributed by atoms with E-state index in [9.17, 15) is 0 Å². The Morgan fingerprint density at radius 1 is 1.36 bits per heavy atom. The summed E-state index contributed by atoms with van der Waals surface area (Å²) in [5.41, 5.74) is 6.10. The number of hydrogen-bond donors (Lipinski definition) is 1. The zero-order valence-electron chi connectivity index (χ0n) is 10.00. The summed E-state index contributed by atoms with van der Waals surface area (Å²) in [4.78, 5) is 2.59. The van der Waals surface area contributed by atoms with Gasteiger partial charge in [-0.15, -0.1) is 0 Å². The molecule has 1 aliphatic carbocycles. The summed E-state index contributed by atoms with van der Waals surface area (Å²) < 4.78 is 0. The molecule has 0 heterocycles. The Bertz CT molecular complexity index is 154. The normalized spacial score (nSPS) is 21.2. The van der Waals surface area contributed by atoms with Crippen LogP contribution in [0.15, 0.2) is 0 Å². The predicted molar refractivity (Wildman–Crippen MR) is 62.3 cm³/mol. The lowest BCUT2D eigenvalue weighted by molar-refractivity contribution is 0.174. The van der Waals surface area contributed by atoms with Crippen molar-refractivity contribution in [1.82, 2.24) is 4.90 Å². The molecule has 2 N–H and O–H groups in total. The Balaban J connectivity index is 2.37. The van der Waals surface area contributed by atoms with Crippen LogP contribution in [0.5, 0.6) is 0 Å². The van der Waals surface area contributed by atoms with Gasteiger partial charge in [0.15, 0.2) is 0 Å². The maximum Gasteiger partial charge on any atom is 0.0218 e. The highest BCUT2D eigenvalue weighted by atomic mass is 15.2.